The zero-order valence-corrected chi connectivity index (χ0v) is 12.1. The minimum Gasteiger partial charge on any atom is -0.398 e. The standard InChI is InChI=1S/C12H16N4O3S/c1-8-4-3-5-10(13)12(8)20(17,18)14-7-6-11-15-9(2)16-19-11/h3-5,14H,6-7,13H2,1-2H3. The van der Waals surface area contributed by atoms with E-state index in [-0.39, 0.29) is 17.1 Å². The summed E-state index contributed by atoms with van der Waals surface area (Å²) in [5, 5.41) is 3.63. The van der Waals surface area contributed by atoms with Gasteiger partial charge in [0.1, 0.15) is 4.90 Å². The van der Waals surface area contributed by atoms with Crippen LogP contribution in [0.15, 0.2) is 27.6 Å². The van der Waals surface area contributed by atoms with Crippen molar-refractivity contribution in [1.29, 1.82) is 0 Å². The summed E-state index contributed by atoms with van der Waals surface area (Å²) in [5.74, 6) is 0.911. The molecule has 0 bridgehead atoms. The molecule has 0 radical (unpaired) electrons. The third-order valence-corrected chi connectivity index (χ3v) is 4.39. The minimum absolute atomic E-state index is 0.113. The first-order valence-corrected chi connectivity index (χ1v) is 7.52. The predicted octanol–water partition coefficient (Wildman–Crippen LogP) is 0.790. The van der Waals surface area contributed by atoms with Gasteiger partial charge < -0.3 is 10.3 Å². The Morgan fingerprint density at radius 2 is 2.10 bits per heavy atom. The summed E-state index contributed by atoms with van der Waals surface area (Å²) in [6.07, 6.45) is 0.325. The summed E-state index contributed by atoms with van der Waals surface area (Å²) in [4.78, 5) is 4.11. The van der Waals surface area contributed by atoms with E-state index in [4.69, 9.17) is 10.3 Å². The van der Waals surface area contributed by atoms with Crippen molar-refractivity contribution in [3.63, 3.8) is 0 Å². The largest absolute Gasteiger partial charge is 0.398 e. The van der Waals surface area contributed by atoms with E-state index in [0.717, 1.165) is 0 Å². The molecule has 1 heterocycles. The monoisotopic (exact) mass is 296 g/mol. The molecule has 2 rings (SSSR count). The second kappa shape index (κ2) is 5.59. The summed E-state index contributed by atoms with van der Waals surface area (Å²) in [6, 6.07) is 4.97. The van der Waals surface area contributed by atoms with E-state index in [2.05, 4.69) is 14.9 Å². The number of nitrogen functional groups attached to an aromatic ring is 1. The molecule has 0 aliphatic rings. The van der Waals surface area contributed by atoms with Crippen molar-refractivity contribution in [2.24, 2.45) is 0 Å². The first-order chi connectivity index (χ1) is 9.40. The number of benzene rings is 1. The maximum absolute atomic E-state index is 12.2. The summed E-state index contributed by atoms with van der Waals surface area (Å²) in [7, 11) is -3.65. The van der Waals surface area contributed by atoms with Crippen LogP contribution in [0, 0.1) is 13.8 Å². The smallest absolute Gasteiger partial charge is 0.242 e. The van der Waals surface area contributed by atoms with Crippen LogP contribution >= 0.6 is 0 Å². The molecule has 8 heteroatoms. The van der Waals surface area contributed by atoms with E-state index >= 15 is 0 Å². The number of nitrogens with two attached hydrogens (primary N) is 1. The van der Waals surface area contributed by atoms with Crippen molar-refractivity contribution in [3.05, 3.63) is 35.5 Å². The van der Waals surface area contributed by atoms with Crippen molar-refractivity contribution in [3.8, 4) is 0 Å². The van der Waals surface area contributed by atoms with Crippen molar-refractivity contribution in [2.45, 2.75) is 25.2 Å². The highest BCUT2D eigenvalue weighted by Crippen LogP contribution is 2.21. The average Bonchev–Trinajstić information content (AvgIpc) is 2.74. The van der Waals surface area contributed by atoms with Crippen LogP contribution in [-0.4, -0.2) is 25.1 Å². The van der Waals surface area contributed by atoms with Crippen LogP contribution < -0.4 is 10.5 Å². The quantitative estimate of drug-likeness (QED) is 0.789. The molecular formula is C12H16N4O3S. The molecule has 20 heavy (non-hydrogen) atoms. The molecule has 1 aromatic carbocycles. The molecule has 108 valence electrons. The predicted molar refractivity (Wildman–Crippen MR) is 73.5 cm³/mol. The van der Waals surface area contributed by atoms with Crippen LogP contribution in [0.4, 0.5) is 5.69 Å². The lowest BCUT2D eigenvalue weighted by atomic mass is 10.2. The summed E-state index contributed by atoms with van der Waals surface area (Å²) >= 11 is 0. The molecule has 1 aromatic heterocycles. The van der Waals surface area contributed by atoms with Crippen LogP contribution in [0.3, 0.4) is 0 Å². The molecule has 0 aliphatic carbocycles. The Labute approximate surface area is 117 Å². The Morgan fingerprint density at radius 1 is 1.35 bits per heavy atom. The maximum Gasteiger partial charge on any atom is 0.242 e. The Bertz CT molecular complexity index is 689. The Hall–Kier alpha value is -1.93. The number of nitrogens with zero attached hydrogens (tertiary/aromatic N) is 2. The van der Waals surface area contributed by atoms with E-state index in [0.29, 0.717) is 23.7 Å². The lowest BCUT2D eigenvalue weighted by Crippen LogP contribution is -2.27. The van der Waals surface area contributed by atoms with Crippen molar-refractivity contribution >= 4 is 15.7 Å². The van der Waals surface area contributed by atoms with Gasteiger partial charge in [-0.1, -0.05) is 17.3 Å². The second-order valence-electron chi connectivity index (χ2n) is 4.38. The van der Waals surface area contributed by atoms with E-state index in [1.54, 1.807) is 32.0 Å². The lowest BCUT2D eigenvalue weighted by Gasteiger charge is -2.10. The number of rotatable bonds is 5. The van der Waals surface area contributed by atoms with Gasteiger partial charge in [0.25, 0.3) is 0 Å². The van der Waals surface area contributed by atoms with Gasteiger partial charge in [0.15, 0.2) is 5.82 Å². The second-order valence-corrected chi connectivity index (χ2v) is 6.08. The molecule has 0 fully saturated rings. The van der Waals surface area contributed by atoms with Crippen molar-refractivity contribution in [2.75, 3.05) is 12.3 Å². The van der Waals surface area contributed by atoms with Gasteiger partial charge in [0.05, 0.1) is 5.69 Å². The SMILES string of the molecule is Cc1noc(CCNS(=O)(=O)c2c(C)cccc2N)n1. The third kappa shape index (κ3) is 3.14. The number of sulfonamides is 1. The normalized spacial score (nSPS) is 11.7. The molecule has 0 unspecified atom stereocenters. The Morgan fingerprint density at radius 3 is 2.70 bits per heavy atom. The van der Waals surface area contributed by atoms with E-state index in [1.165, 1.54) is 0 Å². The average molecular weight is 296 g/mol. The van der Waals surface area contributed by atoms with Crippen LogP contribution in [0.1, 0.15) is 17.3 Å². The van der Waals surface area contributed by atoms with Crippen LogP contribution in [-0.2, 0) is 16.4 Å². The van der Waals surface area contributed by atoms with Gasteiger partial charge in [-0.25, -0.2) is 13.1 Å². The molecule has 7 nitrogen and oxygen atoms in total. The topological polar surface area (TPSA) is 111 Å². The van der Waals surface area contributed by atoms with Gasteiger partial charge in [-0.2, -0.15) is 4.98 Å². The van der Waals surface area contributed by atoms with Gasteiger partial charge in [0.2, 0.25) is 15.9 Å². The number of hydrogen-bond acceptors (Lipinski definition) is 6. The van der Waals surface area contributed by atoms with E-state index < -0.39 is 10.0 Å². The summed E-state index contributed by atoms with van der Waals surface area (Å²) in [5.41, 5.74) is 6.56. The Balaban J connectivity index is 2.08. The molecule has 0 atom stereocenters. The first-order valence-electron chi connectivity index (χ1n) is 6.04. The van der Waals surface area contributed by atoms with Gasteiger partial charge >= 0.3 is 0 Å². The molecule has 0 saturated heterocycles. The highest BCUT2D eigenvalue weighted by Gasteiger charge is 2.19. The fraction of sp³-hybridized carbons (Fsp3) is 0.333. The molecule has 0 saturated carbocycles. The van der Waals surface area contributed by atoms with Crippen LogP contribution in [0.2, 0.25) is 0 Å². The summed E-state index contributed by atoms with van der Waals surface area (Å²) in [6.45, 7) is 3.56. The van der Waals surface area contributed by atoms with E-state index in [9.17, 15) is 8.42 Å². The minimum atomic E-state index is -3.65. The van der Waals surface area contributed by atoms with Gasteiger partial charge in [-0.3, -0.25) is 0 Å². The maximum atomic E-state index is 12.2. The van der Waals surface area contributed by atoms with Crippen molar-refractivity contribution < 1.29 is 12.9 Å². The molecule has 3 N–H and O–H groups in total. The molecule has 2 aromatic rings. The molecule has 0 aliphatic heterocycles. The number of nitrogens with one attached hydrogen (secondary N) is 1. The lowest BCUT2D eigenvalue weighted by molar-refractivity contribution is 0.375. The summed E-state index contributed by atoms with van der Waals surface area (Å²) < 4.78 is 31.8. The highest BCUT2D eigenvalue weighted by molar-refractivity contribution is 7.89. The Kier molecular flexibility index (Phi) is 4.05. The van der Waals surface area contributed by atoms with Gasteiger partial charge in [-0.15, -0.1) is 0 Å². The molecule has 0 amide bonds. The number of anilines is 1. The van der Waals surface area contributed by atoms with Gasteiger partial charge in [0, 0.05) is 13.0 Å². The molecular weight excluding hydrogens is 280 g/mol. The van der Waals surface area contributed by atoms with Crippen molar-refractivity contribution in [1.82, 2.24) is 14.9 Å². The fourth-order valence-corrected chi connectivity index (χ4v) is 3.23. The zero-order valence-electron chi connectivity index (χ0n) is 11.3. The number of hydrogen-bond donors (Lipinski definition) is 2. The fourth-order valence-electron chi connectivity index (χ4n) is 1.85. The number of aryl methyl sites for hydroxylation is 2. The zero-order chi connectivity index (χ0) is 14.8. The van der Waals surface area contributed by atoms with Crippen LogP contribution in [0.25, 0.3) is 0 Å². The van der Waals surface area contributed by atoms with E-state index in [1.807, 2.05) is 0 Å². The number of aromatic nitrogens is 2. The highest BCUT2D eigenvalue weighted by atomic mass is 32.2. The third-order valence-electron chi connectivity index (χ3n) is 2.71. The molecule has 0 spiro atoms. The van der Waals surface area contributed by atoms with Gasteiger partial charge in [-0.05, 0) is 25.5 Å². The van der Waals surface area contributed by atoms with Crippen LogP contribution in [0.5, 0.6) is 0 Å². The first kappa shape index (κ1) is 14.5.